The third-order valence-electron chi connectivity index (χ3n) is 3.82. The summed E-state index contributed by atoms with van der Waals surface area (Å²) in [7, 11) is 0. The Morgan fingerprint density at radius 3 is 2.40 bits per heavy atom. The molecule has 0 aliphatic rings. The molecule has 0 heterocycles. The molecule has 0 saturated heterocycles. The molecule has 0 aliphatic carbocycles. The van der Waals surface area contributed by atoms with Gasteiger partial charge in [0.15, 0.2) is 0 Å². The fourth-order valence-electron chi connectivity index (χ4n) is 1.84. The largest absolute Gasteiger partial charge is 0.492 e. The molecule has 1 aromatic rings. The molecule has 3 heteroatoms. The highest BCUT2D eigenvalue weighted by Gasteiger charge is 2.23. The molecule has 1 rings (SSSR count). The van der Waals surface area contributed by atoms with Crippen molar-refractivity contribution in [1.82, 2.24) is 0 Å². The van der Waals surface area contributed by atoms with Gasteiger partial charge in [0.05, 0.1) is 11.1 Å². The number of ether oxygens (including phenoxy) is 1. The lowest BCUT2D eigenvalue weighted by Crippen LogP contribution is -2.18. The zero-order valence-electron chi connectivity index (χ0n) is 13.2. The van der Waals surface area contributed by atoms with Crippen LogP contribution in [0.25, 0.3) is 0 Å². The van der Waals surface area contributed by atoms with Crippen molar-refractivity contribution in [1.29, 1.82) is 0 Å². The van der Waals surface area contributed by atoms with Crippen molar-refractivity contribution >= 4 is 31.9 Å². The molecule has 114 valence electrons. The molecule has 0 spiro atoms. The maximum Gasteiger partial charge on any atom is 0.133 e. The second-order valence-corrected chi connectivity index (χ2v) is 8.47. The van der Waals surface area contributed by atoms with Crippen LogP contribution >= 0.6 is 31.9 Å². The summed E-state index contributed by atoms with van der Waals surface area (Å²) < 4.78 is 6.73. The first-order valence-corrected chi connectivity index (χ1v) is 9.03. The molecule has 0 fully saturated rings. The summed E-state index contributed by atoms with van der Waals surface area (Å²) >= 11 is 7.43. The normalized spacial score (nSPS) is 14.9. The zero-order valence-corrected chi connectivity index (χ0v) is 16.3. The van der Waals surface area contributed by atoms with Gasteiger partial charge in [-0.25, -0.2) is 0 Å². The summed E-state index contributed by atoms with van der Waals surface area (Å²) in [5, 5.41) is 0. The molecule has 0 radical (unpaired) electrons. The predicted octanol–water partition coefficient (Wildman–Crippen LogP) is 6.75. The molecule has 0 saturated carbocycles. The lowest BCUT2D eigenvalue weighted by molar-refractivity contribution is 0.246. The van der Waals surface area contributed by atoms with Crippen LogP contribution < -0.4 is 4.74 Å². The van der Waals surface area contributed by atoms with Gasteiger partial charge in [-0.3, -0.25) is 0 Å². The minimum Gasteiger partial charge on any atom is -0.492 e. The summed E-state index contributed by atoms with van der Waals surface area (Å²) in [6, 6.07) is 6.38. The van der Waals surface area contributed by atoms with Crippen LogP contribution in [0.3, 0.4) is 0 Å². The average Bonchev–Trinajstić information content (AvgIpc) is 2.36. The number of halogens is 2. The van der Waals surface area contributed by atoms with Crippen LogP contribution in [0, 0.1) is 11.3 Å². The molecule has 1 aromatic carbocycles. The molecule has 0 amide bonds. The second-order valence-electron chi connectivity index (χ2n) is 6.51. The molecular formula is C17H26Br2O. The quantitative estimate of drug-likeness (QED) is 0.475. The van der Waals surface area contributed by atoms with Gasteiger partial charge in [-0.15, -0.1) is 0 Å². The maximum atomic E-state index is 5.69. The number of alkyl halides is 1. The van der Waals surface area contributed by atoms with Crippen molar-refractivity contribution in [2.45, 2.75) is 52.3 Å². The molecule has 2 atom stereocenters. The fraction of sp³-hybridized carbons (Fsp3) is 0.647. The number of hydrogen-bond acceptors (Lipinski definition) is 1. The van der Waals surface area contributed by atoms with Gasteiger partial charge >= 0.3 is 0 Å². The minimum absolute atomic E-state index is 0.341. The molecule has 0 aliphatic heterocycles. The van der Waals surface area contributed by atoms with Crippen LogP contribution in [0.1, 0.15) is 57.9 Å². The van der Waals surface area contributed by atoms with Crippen molar-refractivity contribution in [3.8, 4) is 5.75 Å². The Bertz CT molecular complexity index is 423. The van der Waals surface area contributed by atoms with Gasteiger partial charge in [0.25, 0.3) is 0 Å². The number of hydrogen-bond donors (Lipinski definition) is 0. The van der Waals surface area contributed by atoms with Gasteiger partial charge in [0.2, 0.25) is 0 Å². The first kappa shape index (κ1) is 18.0. The van der Waals surface area contributed by atoms with Gasteiger partial charge in [-0.2, -0.15) is 0 Å². The number of benzene rings is 1. The Kier molecular flexibility index (Phi) is 7.07. The highest BCUT2D eigenvalue weighted by molar-refractivity contribution is 9.10. The van der Waals surface area contributed by atoms with Gasteiger partial charge in [0.1, 0.15) is 5.75 Å². The Hall–Kier alpha value is -0.0200. The Labute approximate surface area is 140 Å². The van der Waals surface area contributed by atoms with E-state index in [0.717, 1.165) is 29.7 Å². The summed E-state index contributed by atoms with van der Waals surface area (Å²) in [6.07, 6.45) is 2.16. The van der Waals surface area contributed by atoms with Crippen LogP contribution in [0.5, 0.6) is 5.75 Å². The van der Waals surface area contributed by atoms with E-state index >= 15 is 0 Å². The standard InChI is InChI=1S/C17H26Br2O/c1-6-9-20-16-8-7-13(11-15(16)19)14(18)10-12(2)17(3,4)5/h7-8,11-12,14H,6,9-10H2,1-5H3. The van der Waals surface area contributed by atoms with E-state index in [4.69, 9.17) is 4.74 Å². The topological polar surface area (TPSA) is 9.23 Å². The average molecular weight is 406 g/mol. The van der Waals surface area contributed by atoms with Gasteiger partial charge in [0, 0.05) is 4.83 Å². The van der Waals surface area contributed by atoms with Gasteiger partial charge in [-0.1, -0.05) is 56.6 Å². The monoisotopic (exact) mass is 404 g/mol. The molecule has 0 N–H and O–H groups in total. The summed E-state index contributed by atoms with van der Waals surface area (Å²) in [4.78, 5) is 0.383. The predicted molar refractivity (Wildman–Crippen MR) is 94.8 cm³/mol. The van der Waals surface area contributed by atoms with Crippen molar-refractivity contribution < 1.29 is 4.74 Å². The van der Waals surface area contributed by atoms with Gasteiger partial charge < -0.3 is 4.74 Å². The molecule has 2 unspecified atom stereocenters. The smallest absolute Gasteiger partial charge is 0.133 e. The third kappa shape index (κ3) is 5.40. The molecule has 0 aromatic heterocycles. The minimum atomic E-state index is 0.341. The third-order valence-corrected chi connectivity index (χ3v) is 5.34. The lowest BCUT2D eigenvalue weighted by atomic mass is 9.79. The molecule has 0 bridgehead atoms. The van der Waals surface area contributed by atoms with E-state index in [1.165, 1.54) is 5.56 Å². The Morgan fingerprint density at radius 1 is 1.25 bits per heavy atom. The van der Waals surface area contributed by atoms with Crippen LogP contribution in [-0.2, 0) is 0 Å². The zero-order chi connectivity index (χ0) is 15.3. The fourth-order valence-corrected chi connectivity index (χ4v) is 3.20. The van der Waals surface area contributed by atoms with E-state index in [9.17, 15) is 0 Å². The maximum absolute atomic E-state index is 5.69. The van der Waals surface area contributed by atoms with E-state index in [0.29, 0.717) is 16.2 Å². The van der Waals surface area contributed by atoms with E-state index in [2.05, 4.69) is 84.7 Å². The summed E-state index contributed by atoms with van der Waals surface area (Å²) in [6.45, 7) is 12.1. The molecular weight excluding hydrogens is 380 g/mol. The summed E-state index contributed by atoms with van der Waals surface area (Å²) in [5.41, 5.74) is 1.64. The second kappa shape index (κ2) is 7.84. The van der Waals surface area contributed by atoms with Crippen LogP contribution in [0.4, 0.5) is 0 Å². The van der Waals surface area contributed by atoms with Crippen LogP contribution in [0.2, 0.25) is 0 Å². The van der Waals surface area contributed by atoms with E-state index in [1.807, 2.05) is 0 Å². The van der Waals surface area contributed by atoms with Crippen molar-refractivity contribution in [2.75, 3.05) is 6.61 Å². The van der Waals surface area contributed by atoms with Gasteiger partial charge in [-0.05, 0) is 57.8 Å². The van der Waals surface area contributed by atoms with Crippen LogP contribution in [-0.4, -0.2) is 6.61 Å². The summed E-state index contributed by atoms with van der Waals surface area (Å²) in [5.74, 6) is 1.58. The number of rotatable bonds is 6. The first-order valence-electron chi connectivity index (χ1n) is 7.32. The molecule has 1 nitrogen and oxygen atoms in total. The van der Waals surface area contributed by atoms with E-state index in [1.54, 1.807) is 0 Å². The van der Waals surface area contributed by atoms with E-state index < -0.39 is 0 Å². The Balaban J connectivity index is 2.74. The van der Waals surface area contributed by atoms with E-state index in [-0.39, 0.29) is 0 Å². The van der Waals surface area contributed by atoms with Crippen molar-refractivity contribution in [3.63, 3.8) is 0 Å². The first-order chi connectivity index (χ1) is 9.25. The Morgan fingerprint density at radius 2 is 1.90 bits per heavy atom. The van der Waals surface area contributed by atoms with Crippen molar-refractivity contribution in [2.24, 2.45) is 11.3 Å². The highest BCUT2D eigenvalue weighted by atomic mass is 79.9. The highest BCUT2D eigenvalue weighted by Crippen LogP contribution is 2.39. The lowest BCUT2D eigenvalue weighted by Gasteiger charge is -2.29. The van der Waals surface area contributed by atoms with Crippen LogP contribution in [0.15, 0.2) is 22.7 Å². The van der Waals surface area contributed by atoms with Crippen molar-refractivity contribution in [3.05, 3.63) is 28.2 Å². The SMILES string of the molecule is CCCOc1ccc(C(Br)CC(C)C(C)(C)C)cc1Br. The molecule has 20 heavy (non-hydrogen) atoms.